The molecule has 0 aliphatic carbocycles. The van der Waals surface area contributed by atoms with Crippen LogP contribution in [0.2, 0.25) is 0 Å². The van der Waals surface area contributed by atoms with Crippen molar-refractivity contribution >= 4 is 23.5 Å². The van der Waals surface area contributed by atoms with Crippen molar-refractivity contribution < 1.29 is 23.5 Å². The van der Waals surface area contributed by atoms with Crippen LogP contribution in [0.4, 0.5) is 20.7 Å². The molecule has 0 saturated carbocycles. The number of aromatic nitrogens is 2. The number of halogens is 1. The molecule has 2 aliphatic rings. The van der Waals surface area contributed by atoms with E-state index in [4.69, 9.17) is 15.2 Å². The van der Waals surface area contributed by atoms with Crippen LogP contribution in [0, 0.1) is 23.1 Å². The average Bonchev–Trinajstić information content (AvgIpc) is 3.14. The zero-order valence-electron chi connectivity index (χ0n) is 20.6. The second-order valence-corrected chi connectivity index (χ2v) is 9.14. The van der Waals surface area contributed by atoms with Crippen LogP contribution in [0.25, 0.3) is 0 Å². The highest BCUT2D eigenvalue weighted by Gasteiger charge is 2.35. The van der Waals surface area contributed by atoms with E-state index >= 15 is 0 Å². The van der Waals surface area contributed by atoms with Crippen molar-refractivity contribution in [3.05, 3.63) is 53.5 Å². The van der Waals surface area contributed by atoms with Crippen molar-refractivity contribution in [1.82, 2.24) is 14.7 Å². The molecule has 0 bridgehead atoms. The minimum Gasteiger partial charge on any atom is -0.449 e. The number of piperidine rings is 1. The number of benzene rings is 1. The second kappa shape index (κ2) is 12.4. The molecule has 2 amide bonds. The molecule has 3 heterocycles. The summed E-state index contributed by atoms with van der Waals surface area (Å²) in [7, 11) is 0. The fourth-order valence-corrected chi connectivity index (χ4v) is 4.55. The maximum absolute atomic E-state index is 13.3. The van der Waals surface area contributed by atoms with Crippen molar-refractivity contribution in [3.63, 3.8) is 0 Å². The lowest BCUT2D eigenvalue weighted by Gasteiger charge is -2.35. The summed E-state index contributed by atoms with van der Waals surface area (Å²) in [5.74, 6) is -1.33. The van der Waals surface area contributed by atoms with E-state index in [1.807, 2.05) is 0 Å². The number of likely N-dealkylation sites (tertiary alicyclic amines) is 1. The number of ether oxygens (including phenoxy) is 2. The molecule has 2 aromatic rings. The van der Waals surface area contributed by atoms with Gasteiger partial charge in [-0.15, -0.1) is 0 Å². The Morgan fingerprint density at radius 3 is 2.86 bits per heavy atom. The zero-order chi connectivity index (χ0) is 26.2. The van der Waals surface area contributed by atoms with Crippen LogP contribution in [0.1, 0.15) is 48.5 Å². The number of amides is 2. The quantitative estimate of drug-likeness (QED) is 0.406. The van der Waals surface area contributed by atoms with Crippen molar-refractivity contribution in [2.24, 2.45) is 11.7 Å². The van der Waals surface area contributed by atoms with Crippen LogP contribution in [-0.2, 0) is 9.47 Å². The molecule has 4 rings (SSSR count). The van der Waals surface area contributed by atoms with Crippen LogP contribution in [-0.4, -0.2) is 59.6 Å². The molecular formula is C26H31FN6O4. The van der Waals surface area contributed by atoms with Gasteiger partial charge in [0.05, 0.1) is 37.8 Å². The summed E-state index contributed by atoms with van der Waals surface area (Å²) in [6.45, 7) is 2.38. The number of hydrogen-bond acceptors (Lipinski definition) is 7. The van der Waals surface area contributed by atoms with Crippen molar-refractivity contribution in [3.8, 4) is 6.07 Å². The number of rotatable bonds is 8. The normalized spacial score (nSPS) is 19.9. The lowest BCUT2D eigenvalue weighted by Crippen LogP contribution is -2.44. The molecule has 10 nitrogen and oxygen atoms in total. The first-order chi connectivity index (χ1) is 17.9. The van der Waals surface area contributed by atoms with Gasteiger partial charge >= 0.3 is 6.09 Å². The SMILES string of the molecule is N#CC1CCN(C(=O)OCCCC2=CCCOCC2)CC1n1cc(C(N)=O)c(Nc2ccc(F)cc2)n1. The Morgan fingerprint density at radius 1 is 1.30 bits per heavy atom. The minimum absolute atomic E-state index is 0.124. The van der Waals surface area contributed by atoms with Gasteiger partial charge < -0.3 is 25.4 Å². The van der Waals surface area contributed by atoms with Crippen LogP contribution in [0.15, 0.2) is 42.1 Å². The summed E-state index contributed by atoms with van der Waals surface area (Å²) in [6.07, 6.45) is 7.10. The predicted octanol–water partition coefficient (Wildman–Crippen LogP) is 3.90. The Balaban J connectivity index is 1.40. The first kappa shape index (κ1) is 26.2. The van der Waals surface area contributed by atoms with Crippen LogP contribution >= 0.6 is 0 Å². The van der Waals surface area contributed by atoms with Crippen LogP contribution in [0.5, 0.6) is 0 Å². The fraction of sp³-hybridized carbons (Fsp3) is 0.462. The number of anilines is 2. The first-order valence-electron chi connectivity index (χ1n) is 12.4. The Morgan fingerprint density at radius 2 is 2.11 bits per heavy atom. The van der Waals surface area contributed by atoms with Crippen LogP contribution in [0.3, 0.4) is 0 Å². The van der Waals surface area contributed by atoms with Crippen LogP contribution < -0.4 is 11.1 Å². The Kier molecular flexibility index (Phi) is 8.74. The molecule has 0 spiro atoms. The number of nitrogens with zero attached hydrogens (tertiary/aromatic N) is 4. The number of primary amides is 1. The number of nitrogens with two attached hydrogens (primary N) is 1. The van der Waals surface area contributed by atoms with Crippen molar-refractivity contribution in [2.75, 3.05) is 38.2 Å². The lowest BCUT2D eigenvalue weighted by molar-refractivity contribution is 0.0754. The van der Waals surface area contributed by atoms with Gasteiger partial charge in [0.25, 0.3) is 5.91 Å². The lowest BCUT2D eigenvalue weighted by atomic mass is 9.93. The van der Waals surface area contributed by atoms with E-state index in [9.17, 15) is 19.2 Å². The topological polar surface area (TPSA) is 136 Å². The van der Waals surface area contributed by atoms with Gasteiger partial charge in [0.1, 0.15) is 11.4 Å². The van der Waals surface area contributed by atoms with E-state index in [0.29, 0.717) is 25.3 Å². The van der Waals surface area contributed by atoms with E-state index < -0.39 is 29.8 Å². The Labute approximate surface area is 214 Å². The van der Waals surface area contributed by atoms with Gasteiger partial charge in [0, 0.05) is 25.0 Å². The second-order valence-electron chi connectivity index (χ2n) is 9.14. The third kappa shape index (κ3) is 6.86. The Hall–Kier alpha value is -3.91. The Bertz CT molecular complexity index is 1170. The molecule has 0 radical (unpaired) electrons. The summed E-state index contributed by atoms with van der Waals surface area (Å²) in [4.78, 5) is 26.4. The molecule has 1 saturated heterocycles. The van der Waals surface area contributed by atoms with Gasteiger partial charge in [-0.3, -0.25) is 9.48 Å². The highest BCUT2D eigenvalue weighted by Crippen LogP contribution is 2.30. The smallest absolute Gasteiger partial charge is 0.409 e. The molecule has 1 fully saturated rings. The molecule has 37 heavy (non-hydrogen) atoms. The largest absolute Gasteiger partial charge is 0.449 e. The highest BCUT2D eigenvalue weighted by molar-refractivity contribution is 5.98. The van der Waals surface area contributed by atoms with E-state index in [0.717, 1.165) is 38.9 Å². The van der Waals surface area contributed by atoms with Crippen molar-refractivity contribution in [1.29, 1.82) is 5.26 Å². The molecule has 196 valence electrons. The van der Waals surface area contributed by atoms with E-state index in [-0.39, 0.29) is 17.9 Å². The summed E-state index contributed by atoms with van der Waals surface area (Å²) >= 11 is 0. The van der Waals surface area contributed by atoms with Gasteiger partial charge in [-0.25, -0.2) is 9.18 Å². The van der Waals surface area contributed by atoms with Gasteiger partial charge in [-0.05, 0) is 56.4 Å². The molecule has 2 aliphatic heterocycles. The van der Waals surface area contributed by atoms with Gasteiger partial charge in [-0.1, -0.05) is 11.6 Å². The summed E-state index contributed by atoms with van der Waals surface area (Å²) < 4.78 is 25.7. The highest BCUT2D eigenvalue weighted by atomic mass is 19.1. The molecular weight excluding hydrogens is 479 g/mol. The van der Waals surface area contributed by atoms with Gasteiger partial charge in [-0.2, -0.15) is 10.4 Å². The predicted molar refractivity (Wildman–Crippen MR) is 133 cm³/mol. The molecule has 3 N–H and O–H groups in total. The molecule has 1 aromatic heterocycles. The number of nitrogens with one attached hydrogen (secondary N) is 1. The number of carbonyl (C=O) groups excluding carboxylic acids is 2. The van der Waals surface area contributed by atoms with E-state index in [1.165, 1.54) is 40.7 Å². The number of hydrogen-bond donors (Lipinski definition) is 2. The third-order valence-corrected chi connectivity index (χ3v) is 6.58. The first-order valence-corrected chi connectivity index (χ1v) is 12.4. The zero-order valence-corrected chi connectivity index (χ0v) is 20.6. The standard InChI is InChI=1S/C26H31FN6O4/c27-20-5-7-21(8-6-20)30-25-22(24(29)34)16-33(31-25)23-17-32(11-9-19(23)15-28)26(35)37-13-2-4-18-3-1-12-36-14-10-18/h3,5-8,16,19,23H,1-2,4,9-14,17H2,(H2,29,34)(H,30,31). The monoisotopic (exact) mass is 510 g/mol. The molecule has 2 unspecified atom stereocenters. The van der Waals surface area contributed by atoms with E-state index in [1.54, 1.807) is 4.90 Å². The third-order valence-electron chi connectivity index (χ3n) is 6.58. The van der Waals surface area contributed by atoms with Gasteiger partial charge in [0.2, 0.25) is 0 Å². The van der Waals surface area contributed by atoms with Crippen molar-refractivity contribution in [2.45, 2.75) is 38.1 Å². The molecule has 11 heteroatoms. The van der Waals surface area contributed by atoms with Gasteiger partial charge in [0.15, 0.2) is 5.82 Å². The molecule has 1 aromatic carbocycles. The summed E-state index contributed by atoms with van der Waals surface area (Å²) in [6, 6.07) is 7.37. The summed E-state index contributed by atoms with van der Waals surface area (Å²) in [5, 5.41) is 17.2. The summed E-state index contributed by atoms with van der Waals surface area (Å²) in [5.41, 5.74) is 7.53. The van der Waals surface area contributed by atoms with E-state index in [2.05, 4.69) is 22.6 Å². The average molecular weight is 511 g/mol. The maximum atomic E-state index is 13.3. The molecule has 2 atom stereocenters. The number of nitriles is 1. The maximum Gasteiger partial charge on any atom is 0.409 e. The number of carbonyl (C=O) groups is 2. The minimum atomic E-state index is -0.702. The fourth-order valence-electron chi connectivity index (χ4n) is 4.55.